The van der Waals surface area contributed by atoms with Crippen LogP contribution in [0.1, 0.15) is 6.42 Å². The number of hydrogen-bond donors (Lipinski definition) is 2. The molecule has 86 valence electrons. The smallest absolute Gasteiger partial charge is 0.239 e. The summed E-state index contributed by atoms with van der Waals surface area (Å²) in [4.78, 5) is 17.7. The van der Waals surface area contributed by atoms with Crippen molar-refractivity contribution in [2.75, 3.05) is 36.9 Å². The standard InChI is InChI=1S/C11H16N4O/c1-12-10-7-9(3-5-13-10)15-6-2-4-14-11(16)8-15/h3,5,7H,2,4,6,8H2,1H3,(H,12,13)(H,14,16). The molecular weight excluding hydrogens is 204 g/mol. The molecule has 2 rings (SSSR count). The lowest BCUT2D eigenvalue weighted by atomic mass is 10.3. The third kappa shape index (κ3) is 2.42. The maximum atomic E-state index is 11.4. The monoisotopic (exact) mass is 220 g/mol. The summed E-state index contributed by atoms with van der Waals surface area (Å²) in [6.45, 7) is 2.08. The quantitative estimate of drug-likeness (QED) is 0.759. The molecule has 0 radical (unpaired) electrons. The van der Waals surface area contributed by atoms with E-state index in [2.05, 4.69) is 20.5 Å². The van der Waals surface area contributed by atoms with E-state index in [1.807, 2.05) is 19.2 Å². The number of amides is 1. The van der Waals surface area contributed by atoms with Crippen LogP contribution in [0.5, 0.6) is 0 Å². The molecule has 1 aliphatic heterocycles. The second kappa shape index (κ2) is 4.83. The van der Waals surface area contributed by atoms with E-state index in [4.69, 9.17) is 0 Å². The lowest BCUT2D eigenvalue weighted by molar-refractivity contribution is -0.119. The van der Waals surface area contributed by atoms with Crippen molar-refractivity contribution >= 4 is 17.4 Å². The molecule has 0 aliphatic carbocycles. The first kappa shape index (κ1) is 10.7. The first-order valence-electron chi connectivity index (χ1n) is 5.45. The first-order chi connectivity index (χ1) is 7.79. The fourth-order valence-electron chi connectivity index (χ4n) is 1.78. The number of nitrogens with one attached hydrogen (secondary N) is 2. The summed E-state index contributed by atoms with van der Waals surface area (Å²) in [7, 11) is 1.83. The number of aromatic nitrogens is 1. The number of pyridine rings is 1. The molecule has 0 aromatic carbocycles. The van der Waals surface area contributed by atoms with E-state index in [1.54, 1.807) is 6.20 Å². The minimum absolute atomic E-state index is 0.0836. The summed E-state index contributed by atoms with van der Waals surface area (Å²) in [5, 5.41) is 5.86. The SMILES string of the molecule is CNc1cc(N2CCCNC(=O)C2)ccn1. The Morgan fingerprint density at radius 1 is 1.56 bits per heavy atom. The van der Waals surface area contributed by atoms with E-state index in [-0.39, 0.29) is 5.91 Å². The van der Waals surface area contributed by atoms with Crippen LogP contribution in [0.3, 0.4) is 0 Å². The van der Waals surface area contributed by atoms with Crippen molar-refractivity contribution in [2.24, 2.45) is 0 Å². The van der Waals surface area contributed by atoms with Gasteiger partial charge in [0.2, 0.25) is 5.91 Å². The molecule has 2 N–H and O–H groups in total. The highest BCUT2D eigenvalue weighted by molar-refractivity contribution is 5.81. The number of hydrogen-bond acceptors (Lipinski definition) is 4. The Hall–Kier alpha value is -1.78. The maximum absolute atomic E-state index is 11.4. The van der Waals surface area contributed by atoms with Crippen molar-refractivity contribution in [1.29, 1.82) is 0 Å². The van der Waals surface area contributed by atoms with Gasteiger partial charge in [0.1, 0.15) is 5.82 Å². The zero-order valence-corrected chi connectivity index (χ0v) is 9.36. The van der Waals surface area contributed by atoms with Gasteiger partial charge >= 0.3 is 0 Å². The topological polar surface area (TPSA) is 57.3 Å². The molecule has 2 heterocycles. The van der Waals surface area contributed by atoms with Crippen LogP contribution in [0.2, 0.25) is 0 Å². The van der Waals surface area contributed by atoms with Crippen LogP contribution in [-0.4, -0.2) is 37.6 Å². The molecule has 16 heavy (non-hydrogen) atoms. The largest absolute Gasteiger partial charge is 0.373 e. The third-order valence-electron chi connectivity index (χ3n) is 2.63. The van der Waals surface area contributed by atoms with Crippen LogP contribution in [0, 0.1) is 0 Å². The van der Waals surface area contributed by atoms with Crippen LogP contribution in [0.4, 0.5) is 11.5 Å². The van der Waals surface area contributed by atoms with Crippen molar-refractivity contribution in [1.82, 2.24) is 10.3 Å². The molecule has 0 unspecified atom stereocenters. The van der Waals surface area contributed by atoms with Gasteiger partial charge in [-0.25, -0.2) is 4.98 Å². The van der Waals surface area contributed by atoms with Crippen LogP contribution in [0.25, 0.3) is 0 Å². The van der Waals surface area contributed by atoms with Crippen molar-refractivity contribution in [2.45, 2.75) is 6.42 Å². The molecule has 1 fully saturated rings. The zero-order chi connectivity index (χ0) is 11.4. The minimum atomic E-state index is 0.0836. The summed E-state index contributed by atoms with van der Waals surface area (Å²) >= 11 is 0. The van der Waals surface area contributed by atoms with Crippen LogP contribution >= 0.6 is 0 Å². The van der Waals surface area contributed by atoms with E-state index in [0.29, 0.717) is 6.54 Å². The second-order valence-electron chi connectivity index (χ2n) is 3.77. The van der Waals surface area contributed by atoms with Gasteiger partial charge in [0.15, 0.2) is 0 Å². The van der Waals surface area contributed by atoms with Gasteiger partial charge in [0, 0.05) is 38.1 Å². The summed E-state index contributed by atoms with van der Waals surface area (Å²) in [5.74, 6) is 0.905. The van der Waals surface area contributed by atoms with Gasteiger partial charge in [-0.1, -0.05) is 0 Å². The lowest BCUT2D eigenvalue weighted by Gasteiger charge is -2.21. The molecule has 1 aromatic rings. The average molecular weight is 220 g/mol. The van der Waals surface area contributed by atoms with Crippen molar-refractivity contribution < 1.29 is 4.79 Å². The molecule has 5 heteroatoms. The normalized spacial score (nSPS) is 16.6. The van der Waals surface area contributed by atoms with Crippen molar-refractivity contribution in [3.63, 3.8) is 0 Å². The summed E-state index contributed by atoms with van der Waals surface area (Å²) < 4.78 is 0. The fraction of sp³-hybridized carbons (Fsp3) is 0.455. The Labute approximate surface area is 94.9 Å². The molecule has 0 atom stereocenters. The molecular formula is C11H16N4O. The Morgan fingerprint density at radius 3 is 3.25 bits per heavy atom. The third-order valence-corrected chi connectivity index (χ3v) is 2.63. The van der Waals surface area contributed by atoms with E-state index in [0.717, 1.165) is 31.0 Å². The number of rotatable bonds is 2. The van der Waals surface area contributed by atoms with Crippen LogP contribution < -0.4 is 15.5 Å². The molecule has 0 bridgehead atoms. The van der Waals surface area contributed by atoms with Gasteiger partial charge in [-0.15, -0.1) is 0 Å². The number of carbonyl (C=O) groups excluding carboxylic acids is 1. The van der Waals surface area contributed by atoms with Crippen LogP contribution in [0.15, 0.2) is 18.3 Å². The Bertz CT molecular complexity index is 380. The Balaban J connectivity index is 2.17. The molecule has 0 saturated carbocycles. The van der Waals surface area contributed by atoms with E-state index in [1.165, 1.54) is 0 Å². The summed E-state index contributed by atoms with van der Waals surface area (Å²) in [6, 6.07) is 3.89. The van der Waals surface area contributed by atoms with Gasteiger partial charge in [-0.3, -0.25) is 4.79 Å². The Kier molecular flexibility index (Phi) is 3.24. The van der Waals surface area contributed by atoms with Gasteiger partial charge in [-0.2, -0.15) is 0 Å². The Morgan fingerprint density at radius 2 is 2.44 bits per heavy atom. The lowest BCUT2D eigenvalue weighted by Crippen LogP contribution is -2.33. The van der Waals surface area contributed by atoms with Gasteiger partial charge in [0.25, 0.3) is 0 Å². The first-order valence-corrected chi connectivity index (χ1v) is 5.45. The molecule has 1 amide bonds. The molecule has 1 aliphatic rings. The number of anilines is 2. The predicted octanol–water partition coefficient (Wildman–Crippen LogP) is 0.450. The summed E-state index contributed by atoms with van der Waals surface area (Å²) in [6.07, 6.45) is 2.73. The summed E-state index contributed by atoms with van der Waals surface area (Å²) in [5.41, 5.74) is 1.04. The average Bonchev–Trinajstić information content (AvgIpc) is 2.54. The second-order valence-corrected chi connectivity index (χ2v) is 3.77. The molecule has 1 aromatic heterocycles. The van der Waals surface area contributed by atoms with Crippen LogP contribution in [-0.2, 0) is 4.79 Å². The number of nitrogens with zero attached hydrogens (tertiary/aromatic N) is 2. The van der Waals surface area contributed by atoms with Crippen molar-refractivity contribution in [3.05, 3.63) is 18.3 Å². The fourth-order valence-corrected chi connectivity index (χ4v) is 1.78. The predicted molar refractivity (Wildman–Crippen MR) is 63.6 cm³/mol. The highest BCUT2D eigenvalue weighted by Gasteiger charge is 2.15. The number of carbonyl (C=O) groups is 1. The van der Waals surface area contributed by atoms with Crippen molar-refractivity contribution in [3.8, 4) is 0 Å². The molecule has 5 nitrogen and oxygen atoms in total. The highest BCUT2D eigenvalue weighted by atomic mass is 16.2. The van der Waals surface area contributed by atoms with Gasteiger partial charge < -0.3 is 15.5 Å². The molecule has 1 saturated heterocycles. The van der Waals surface area contributed by atoms with E-state index < -0.39 is 0 Å². The van der Waals surface area contributed by atoms with Gasteiger partial charge in [0.05, 0.1) is 6.54 Å². The highest BCUT2D eigenvalue weighted by Crippen LogP contribution is 2.17. The zero-order valence-electron chi connectivity index (χ0n) is 9.36. The van der Waals surface area contributed by atoms with E-state index >= 15 is 0 Å². The maximum Gasteiger partial charge on any atom is 0.239 e. The molecule has 0 spiro atoms. The van der Waals surface area contributed by atoms with E-state index in [9.17, 15) is 4.79 Å². The van der Waals surface area contributed by atoms with Gasteiger partial charge in [-0.05, 0) is 12.5 Å². The minimum Gasteiger partial charge on any atom is -0.373 e.